The molecule has 2 aromatic carbocycles. The van der Waals surface area contributed by atoms with Crippen LogP contribution in [0.2, 0.25) is 0 Å². The van der Waals surface area contributed by atoms with Crippen molar-refractivity contribution < 1.29 is 8.78 Å². The average Bonchev–Trinajstić information content (AvgIpc) is 2.78. The van der Waals surface area contributed by atoms with E-state index in [0.29, 0.717) is 30.5 Å². The van der Waals surface area contributed by atoms with Gasteiger partial charge in [-0.15, -0.1) is 0 Å². The molecular weight excluding hydrogens is 396 g/mol. The Morgan fingerprint density at radius 2 is 2.06 bits per heavy atom. The first-order valence-corrected chi connectivity index (χ1v) is 10.6. The van der Waals surface area contributed by atoms with Crippen LogP contribution in [0.25, 0.3) is 11.3 Å². The first-order chi connectivity index (χ1) is 15.1. The zero-order valence-electron chi connectivity index (χ0n) is 17.6. The van der Waals surface area contributed by atoms with Crippen molar-refractivity contribution in [3.63, 3.8) is 0 Å². The van der Waals surface area contributed by atoms with Crippen molar-refractivity contribution in [1.82, 2.24) is 20.2 Å². The fourth-order valence-electron chi connectivity index (χ4n) is 3.83. The van der Waals surface area contributed by atoms with Crippen molar-refractivity contribution in [1.29, 1.82) is 0 Å². The summed E-state index contributed by atoms with van der Waals surface area (Å²) in [5, 5.41) is 6.53. The second kappa shape index (κ2) is 9.94. The van der Waals surface area contributed by atoms with Crippen LogP contribution in [-0.4, -0.2) is 47.1 Å². The number of hydrogen-bond acceptors (Lipinski definition) is 5. The van der Waals surface area contributed by atoms with Gasteiger partial charge in [-0.1, -0.05) is 18.2 Å². The summed E-state index contributed by atoms with van der Waals surface area (Å²) < 4.78 is 27.1. The van der Waals surface area contributed by atoms with Gasteiger partial charge in [0.05, 0.1) is 5.69 Å². The Morgan fingerprint density at radius 3 is 2.94 bits per heavy atom. The Morgan fingerprint density at radius 1 is 1.16 bits per heavy atom. The molecule has 0 spiro atoms. The minimum absolute atomic E-state index is 0.332. The van der Waals surface area contributed by atoms with Crippen LogP contribution in [0.4, 0.5) is 14.7 Å². The van der Waals surface area contributed by atoms with Gasteiger partial charge in [-0.2, -0.15) is 0 Å². The maximum atomic E-state index is 13.8. The Bertz CT molecular complexity index is 1030. The monoisotopic (exact) mass is 423 g/mol. The number of hydrogen-bond donors (Lipinski definition) is 2. The molecule has 2 N–H and O–H groups in total. The summed E-state index contributed by atoms with van der Waals surface area (Å²) in [5.41, 5.74) is 3.44. The van der Waals surface area contributed by atoms with Gasteiger partial charge in [0.15, 0.2) is 0 Å². The predicted molar refractivity (Wildman–Crippen MR) is 119 cm³/mol. The Balaban J connectivity index is 1.41. The molecule has 0 saturated carbocycles. The van der Waals surface area contributed by atoms with Crippen molar-refractivity contribution in [2.75, 3.05) is 31.5 Å². The van der Waals surface area contributed by atoms with E-state index in [2.05, 4.69) is 50.6 Å². The number of halogens is 2. The van der Waals surface area contributed by atoms with Gasteiger partial charge in [0.25, 0.3) is 0 Å². The third-order valence-electron chi connectivity index (χ3n) is 5.59. The van der Waals surface area contributed by atoms with Gasteiger partial charge < -0.3 is 10.6 Å². The summed E-state index contributed by atoms with van der Waals surface area (Å²) in [7, 11) is 0. The third kappa shape index (κ3) is 5.62. The van der Waals surface area contributed by atoms with Crippen molar-refractivity contribution in [3.8, 4) is 11.3 Å². The van der Waals surface area contributed by atoms with Gasteiger partial charge >= 0.3 is 0 Å². The average molecular weight is 424 g/mol. The van der Waals surface area contributed by atoms with E-state index >= 15 is 0 Å². The highest BCUT2D eigenvalue weighted by atomic mass is 19.1. The highest BCUT2D eigenvalue weighted by Crippen LogP contribution is 2.21. The molecule has 4 rings (SSSR count). The molecule has 1 atom stereocenters. The maximum Gasteiger partial charge on any atom is 0.223 e. The summed E-state index contributed by atoms with van der Waals surface area (Å²) in [6.45, 7) is 6.63. The standard InChI is InChI=1S/C24H27F2N5/c1-17-15-27-11-12-31(17)16-18-3-2-4-20(13-18)23-8-10-29-24(30-23)28-9-7-19-14-21(25)5-6-22(19)26/h2-6,8,10,13-14,17,27H,7,9,11-12,15-16H2,1H3,(H,28,29,30)/t17-/m0/s1. The van der Waals surface area contributed by atoms with Gasteiger partial charge in [0, 0.05) is 50.5 Å². The Labute approximate surface area is 181 Å². The van der Waals surface area contributed by atoms with Crippen molar-refractivity contribution in [3.05, 3.63) is 77.5 Å². The molecule has 162 valence electrons. The summed E-state index contributed by atoms with van der Waals surface area (Å²) in [6.07, 6.45) is 2.05. The number of aromatic nitrogens is 2. The van der Waals surface area contributed by atoms with Crippen LogP contribution in [0.1, 0.15) is 18.1 Å². The molecule has 1 aromatic heterocycles. The highest BCUT2D eigenvalue weighted by Gasteiger charge is 2.18. The number of nitrogens with zero attached hydrogens (tertiary/aromatic N) is 3. The molecule has 2 heterocycles. The number of rotatable bonds is 7. The van der Waals surface area contributed by atoms with Crippen LogP contribution in [0.15, 0.2) is 54.7 Å². The Kier molecular flexibility index (Phi) is 6.84. The summed E-state index contributed by atoms with van der Waals surface area (Å²) in [4.78, 5) is 11.3. The van der Waals surface area contributed by atoms with Crippen molar-refractivity contribution in [2.24, 2.45) is 0 Å². The van der Waals surface area contributed by atoms with E-state index < -0.39 is 11.6 Å². The first-order valence-electron chi connectivity index (χ1n) is 10.6. The van der Waals surface area contributed by atoms with Crippen LogP contribution < -0.4 is 10.6 Å². The van der Waals surface area contributed by atoms with E-state index in [4.69, 9.17) is 0 Å². The molecule has 0 bridgehead atoms. The summed E-state index contributed by atoms with van der Waals surface area (Å²) in [6, 6.07) is 14.3. The SMILES string of the molecule is C[C@H]1CNCCN1Cc1cccc(-c2ccnc(NCCc3cc(F)ccc3F)n2)c1. The summed E-state index contributed by atoms with van der Waals surface area (Å²) >= 11 is 0. The number of anilines is 1. The lowest BCUT2D eigenvalue weighted by Crippen LogP contribution is -2.49. The fraction of sp³-hybridized carbons (Fsp3) is 0.333. The topological polar surface area (TPSA) is 53.1 Å². The molecular formula is C24H27F2N5. The largest absolute Gasteiger partial charge is 0.354 e. The van der Waals surface area contributed by atoms with Crippen LogP contribution in [0.5, 0.6) is 0 Å². The molecule has 1 saturated heterocycles. The molecule has 1 aliphatic rings. The van der Waals surface area contributed by atoms with Crippen LogP contribution >= 0.6 is 0 Å². The Hall–Kier alpha value is -2.90. The molecule has 31 heavy (non-hydrogen) atoms. The van der Waals surface area contributed by atoms with Gasteiger partial charge in [0.1, 0.15) is 11.6 Å². The van der Waals surface area contributed by atoms with Crippen molar-refractivity contribution >= 4 is 5.95 Å². The quantitative estimate of drug-likeness (QED) is 0.604. The minimum atomic E-state index is -0.440. The molecule has 3 aromatic rings. The van der Waals surface area contributed by atoms with E-state index in [-0.39, 0.29) is 0 Å². The molecule has 0 aliphatic carbocycles. The highest BCUT2D eigenvalue weighted by molar-refractivity contribution is 5.61. The molecule has 0 radical (unpaired) electrons. The predicted octanol–water partition coefficient (Wildman–Crippen LogP) is 3.87. The van der Waals surface area contributed by atoms with Gasteiger partial charge in [-0.05, 0) is 54.8 Å². The minimum Gasteiger partial charge on any atom is -0.354 e. The molecule has 0 unspecified atom stereocenters. The van der Waals surface area contributed by atoms with Gasteiger partial charge in [0.2, 0.25) is 5.95 Å². The van der Waals surface area contributed by atoms with E-state index in [1.165, 1.54) is 11.6 Å². The van der Waals surface area contributed by atoms with E-state index in [0.717, 1.165) is 49.6 Å². The number of piperazine rings is 1. The smallest absolute Gasteiger partial charge is 0.223 e. The van der Waals surface area contributed by atoms with Crippen molar-refractivity contribution in [2.45, 2.75) is 25.9 Å². The lowest BCUT2D eigenvalue weighted by molar-refractivity contribution is 0.165. The second-order valence-corrected chi connectivity index (χ2v) is 7.90. The lowest BCUT2D eigenvalue weighted by atomic mass is 10.1. The third-order valence-corrected chi connectivity index (χ3v) is 5.59. The molecule has 5 nitrogen and oxygen atoms in total. The number of nitrogens with one attached hydrogen (secondary N) is 2. The molecule has 1 fully saturated rings. The summed E-state index contributed by atoms with van der Waals surface area (Å²) in [5.74, 6) is -0.381. The van der Waals surface area contributed by atoms with Gasteiger partial charge in [-0.3, -0.25) is 4.90 Å². The second-order valence-electron chi connectivity index (χ2n) is 7.90. The molecule has 1 aliphatic heterocycles. The van der Waals surface area contributed by atoms with Crippen LogP contribution in [0, 0.1) is 11.6 Å². The van der Waals surface area contributed by atoms with Crippen LogP contribution in [-0.2, 0) is 13.0 Å². The van der Waals surface area contributed by atoms with E-state index in [9.17, 15) is 8.78 Å². The first kappa shape index (κ1) is 21.3. The number of benzene rings is 2. The fourth-order valence-corrected chi connectivity index (χ4v) is 3.83. The zero-order chi connectivity index (χ0) is 21.6. The lowest BCUT2D eigenvalue weighted by Gasteiger charge is -2.33. The molecule has 0 amide bonds. The van der Waals surface area contributed by atoms with Crippen LogP contribution in [0.3, 0.4) is 0 Å². The van der Waals surface area contributed by atoms with Gasteiger partial charge in [-0.25, -0.2) is 18.7 Å². The maximum absolute atomic E-state index is 13.8. The van der Waals surface area contributed by atoms with E-state index in [1.54, 1.807) is 6.20 Å². The zero-order valence-corrected chi connectivity index (χ0v) is 17.6. The molecule has 7 heteroatoms. The van der Waals surface area contributed by atoms with E-state index in [1.807, 2.05) is 12.1 Å². The normalized spacial score (nSPS) is 16.9.